The predicted molar refractivity (Wildman–Crippen MR) is 115 cm³/mol. The highest BCUT2D eigenvalue weighted by atomic mass is 16.4. The lowest BCUT2D eigenvalue weighted by Crippen LogP contribution is -2.52. The lowest BCUT2D eigenvalue weighted by molar-refractivity contribution is 0.0762. The predicted octanol–water partition coefficient (Wildman–Crippen LogP) is 3.88. The number of hydrogen-bond donors (Lipinski definition) is 3. The summed E-state index contributed by atoms with van der Waals surface area (Å²) in [5, 5.41) is 12.4. The molecular formula is C22H28N4O3. The van der Waals surface area contributed by atoms with E-state index in [9.17, 15) is 14.7 Å². The molecule has 1 fully saturated rings. The van der Waals surface area contributed by atoms with Gasteiger partial charge in [-0.15, -0.1) is 0 Å². The molecule has 29 heavy (non-hydrogen) atoms. The molecule has 0 saturated carbocycles. The van der Waals surface area contributed by atoms with Gasteiger partial charge in [-0.25, -0.2) is 4.79 Å². The summed E-state index contributed by atoms with van der Waals surface area (Å²) in [6, 6.07) is 14.4. The number of carbonyl (C=O) groups excluding carboxylic acids is 1. The third-order valence-corrected chi connectivity index (χ3v) is 5.16. The van der Waals surface area contributed by atoms with Crippen LogP contribution in [0.3, 0.4) is 0 Å². The molecule has 3 rings (SSSR count). The Balaban J connectivity index is 1.67. The van der Waals surface area contributed by atoms with Crippen molar-refractivity contribution in [1.29, 1.82) is 0 Å². The fourth-order valence-corrected chi connectivity index (χ4v) is 3.81. The molecule has 0 bridgehead atoms. The van der Waals surface area contributed by atoms with E-state index < -0.39 is 11.6 Å². The molecule has 7 nitrogen and oxygen atoms in total. The summed E-state index contributed by atoms with van der Waals surface area (Å²) in [5.41, 5.74) is 8.04. The molecule has 0 aromatic heterocycles. The van der Waals surface area contributed by atoms with E-state index in [1.165, 1.54) is 0 Å². The van der Waals surface area contributed by atoms with Crippen LogP contribution in [0.25, 0.3) is 0 Å². The van der Waals surface area contributed by atoms with Gasteiger partial charge in [0.1, 0.15) is 0 Å². The van der Waals surface area contributed by atoms with Crippen LogP contribution >= 0.6 is 0 Å². The molecule has 2 aromatic rings. The van der Waals surface area contributed by atoms with Crippen molar-refractivity contribution in [3.8, 4) is 0 Å². The van der Waals surface area contributed by atoms with Gasteiger partial charge >= 0.3 is 6.09 Å². The zero-order valence-corrected chi connectivity index (χ0v) is 17.1. The van der Waals surface area contributed by atoms with Crippen LogP contribution in [0, 0.1) is 0 Å². The van der Waals surface area contributed by atoms with Gasteiger partial charge in [-0.2, -0.15) is 0 Å². The summed E-state index contributed by atoms with van der Waals surface area (Å²) in [7, 11) is 0. The van der Waals surface area contributed by atoms with Crippen LogP contribution in [0.4, 0.5) is 21.9 Å². The molecule has 1 saturated heterocycles. The van der Waals surface area contributed by atoms with E-state index in [0.29, 0.717) is 23.5 Å². The van der Waals surface area contributed by atoms with Crippen LogP contribution in [0.2, 0.25) is 0 Å². The fraction of sp³-hybridized carbons (Fsp3) is 0.364. The summed E-state index contributed by atoms with van der Waals surface area (Å²) < 4.78 is 0. The SMILES string of the molecule is CC(C)(C)N(C(=O)O)[C@H]1CCN(c2ccc(C(=O)Nc3ccccc3N)cc2)C1. The van der Waals surface area contributed by atoms with Crippen molar-refractivity contribution in [2.45, 2.75) is 38.8 Å². The lowest BCUT2D eigenvalue weighted by atomic mass is 10.0. The number of nitrogens with two attached hydrogens (primary N) is 1. The smallest absolute Gasteiger partial charge is 0.408 e. The number of rotatable bonds is 4. The highest BCUT2D eigenvalue weighted by molar-refractivity contribution is 6.05. The molecule has 0 unspecified atom stereocenters. The number of para-hydroxylation sites is 2. The Labute approximate surface area is 171 Å². The highest BCUT2D eigenvalue weighted by Crippen LogP contribution is 2.28. The Morgan fingerprint density at radius 2 is 1.79 bits per heavy atom. The molecule has 4 N–H and O–H groups in total. The van der Waals surface area contributed by atoms with Gasteiger partial charge in [0, 0.05) is 29.9 Å². The summed E-state index contributed by atoms with van der Waals surface area (Å²) in [6.45, 7) is 7.15. The molecule has 0 radical (unpaired) electrons. The maximum Gasteiger partial charge on any atom is 0.408 e. The van der Waals surface area contributed by atoms with Gasteiger partial charge in [0.15, 0.2) is 0 Å². The summed E-state index contributed by atoms with van der Waals surface area (Å²) in [4.78, 5) is 27.9. The van der Waals surface area contributed by atoms with Crippen molar-refractivity contribution in [2.24, 2.45) is 0 Å². The molecule has 2 amide bonds. The molecule has 7 heteroatoms. The van der Waals surface area contributed by atoms with Crippen molar-refractivity contribution >= 4 is 29.1 Å². The van der Waals surface area contributed by atoms with Crippen LogP contribution < -0.4 is 16.0 Å². The number of anilines is 3. The minimum atomic E-state index is -0.892. The number of nitrogens with one attached hydrogen (secondary N) is 1. The zero-order valence-electron chi connectivity index (χ0n) is 17.1. The second-order valence-corrected chi connectivity index (χ2v) is 8.30. The largest absolute Gasteiger partial charge is 0.465 e. The van der Waals surface area contributed by atoms with Crippen LogP contribution in [-0.4, -0.2) is 46.7 Å². The Morgan fingerprint density at radius 3 is 2.38 bits per heavy atom. The molecule has 2 aromatic carbocycles. The average molecular weight is 396 g/mol. The van der Waals surface area contributed by atoms with E-state index in [1.54, 1.807) is 29.2 Å². The number of benzene rings is 2. The maximum absolute atomic E-state index is 12.5. The van der Waals surface area contributed by atoms with Crippen LogP contribution in [-0.2, 0) is 0 Å². The van der Waals surface area contributed by atoms with Gasteiger partial charge in [-0.1, -0.05) is 12.1 Å². The minimum Gasteiger partial charge on any atom is -0.465 e. The molecule has 0 spiro atoms. The lowest BCUT2D eigenvalue weighted by Gasteiger charge is -2.38. The highest BCUT2D eigenvalue weighted by Gasteiger charge is 2.37. The molecule has 154 valence electrons. The number of nitrogens with zero attached hydrogens (tertiary/aromatic N) is 2. The first-order valence-corrected chi connectivity index (χ1v) is 9.70. The molecule has 1 heterocycles. The van der Waals surface area contributed by atoms with Crippen molar-refractivity contribution in [1.82, 2.24) is 4.90 Å². The topological polar surface area (TPSA) is 98.9 Å². The fourth-order valence-electron chi connectivity index (χ4n) is 3.81. The Hall–Kier alpha value is -3.22. The first kappa shape index (κ1) is 20.5. The second kappa shape index (κ2) is 8.03. The van der Waals surface area contributed by atoms with Crippen molar-refractivity contribution < 1.29 is 14.7 Å². The van der Waals surface area contributed by atoms with Gasteiger partial charge < -0.3 is 21.1 Å². The number of hydrogen-bond acceptors (Lipinski definition) is 4. The van der Waals surface area contributed by atoms with Crippen LogP contribution in [0.15, 0.2) is 48.5 Å². The number of carbonyl (C=O) groups is 2. The summed E-state index contributed by atoms with van der Waals surface area (Å²) in [6.07, 6.45) is -0.115. The Morgan fingerprint density at radius 1 is 1.14 bits per heavy atom. The quantitative estimate of drug-likeness (QED) is 0.681. The van der Waals surface area contributed by atoms with Gasteiger partial charge in [-0.05, 0) is 63.6 Å². The van der Waals surface area contributed by atoms with Crippen molar-refractivity contribution in [2.75, 3.05) is 29.0 Å². The number of amides is 2. The van der Waals surface area contributed by atoms with Gasteiger partial charge in [0.25, 0.3) is 5.91 Å². The van der Waals surface area contributed by atoms with Crippen molar-refractivity contribution in [3.63, 3.8) is 0 Å². The van der Waals surface area contributed by atoms with E-state index in [-0.39, 0.29) is 11.9 Å². The second-order valence-electron chi connectivity index (χ2n) is 8.30. The number of nitrogen functional groups attached to an aromatic ring is 1. The van der Waals surface area contributed by atoms with E-state index in [2.05, 4.69) is 10.2 Å². The third-order valence-electron chi connectivity index (χ3n) is 5.16. The molecule has 1 aliphatic rings. The van der Waals surface area contributed by atoms with Gasteiger partial charge in [0.05, 0.1) is 17.4 Å². The van der Waals surface area contributed by atoms with Crippen LogP contribution in [0.5, 0.6) is 0 Å². The van der Waals surface area contributed by atoms with E-state index in [4.69, 9.17) is 5.73 Å². The van der Waals surface area contributed by atoms with E-state index >= 15 is 0 Å². The number of carboxylic acid groups (broad SMARTS) is 1. The Bertz CT molecular complexity index is 890. The average Bonchev–Trinajstić information content (AvgIpc) is 3.11. The summed E-state index contributed by atoms with van der Waals surface area (Å²) in [5.74, 6) is -0.224. The normalized spacial score (nSPS) is 16.5. The third kappa shape index (κ3) is 4.62. The zero-order chi connectivity index (χ0) is 21.2. The first-order valence-electron chi connectivity index (χ1n) is 9.70. The van der Waals surface area contributed by atoms with Gasteiger partial charge in [0.2, 0.25) is 0 Å². The maximum atomic E-state index is 12.5. The molecule has 0 aliphatic carbocycles. The first-order chi connectivity index (χ1) is 13.7. The van der Waals surface area contributed by atoms with E-state index in [1.807, 2.05) is 45.0 Å². The monoisotopic (exact) mass is 396 g/mol. The molecular weight excluding hydrogens is 368 g/mol. The van der Waals surface area contributed by atoms with E-state index in [0.717, 1.165) is 18.7 Å². The standard InChI is InChI=1S/C22H28N4O3/c1-22(2,3)26(21(28)29)17-12-13-25(14-17)16-10-8-15(9-11-16)20(27)24-19-7-5-4-6-18(19)23/h4-11,17H,12-14,23H2,1-3H3,(H,24,27)(H,28,29)/t17-/m0/s1. The Kier molecular flexibility index (Phi) is 5.68. The molecule has 1 aliphatic heterocycles. The van der Waals surface area contributed by atoms with Crippen LogP contribution in [0.1, 0.15) is 37.6 Å². The van der Waals surface area contributed by atoms with Crippen molar-refractivity contribution in [3.05, 3.63) is 54.1 Å². The minimum absolute atomic E-state index is 0.0588. The van der Waals surface area contributed by atoms with Gasteiger partial charge in [-0.3, -0.25) is 9.69 Å². The summed E-state index contributed by atoms with van der Waals surface area (Å²) >= 11 is 0. The molecule has 1 atom stereocenters.